The minimum atomic E-state index is -0.668. The second kappa shape index (κ2) is 5.01. The molecule has 1 aliphatic heterocycles. The summed E-state index contributed by atoms with van der Waals surface area (Å²) < 4.78 is 0. The number of benzene rings is 1. The summed E-state index contributed by atoms with van der Waals surface area (Å²) in [6.07, 6.45) is 2.30. The minimum absolute atomic E-state index is 0.322. The molecule has 16 heavy (non-hydrogen) atoms. The molecule has 0 amide bonds. The van der Waals surface area contributed by atoms with Crippen molar-refractivity contribution in [3.63, 3.8) is 0 Å². The highest BCUT2D eigenvalue weighted by Crippen LogP contribution is 2.24. The van der Waals surface area contributed by atoms with E-state index in [1.165, 1.54) is 5.69 Å². The Kier molecular flexibility index (Phi) is 3.44. The first kappa shape index (κ1) is 11.0. The van der Waals surface area contributed by atoms with Crippen LogP contribution in [-0.4, -0.2) is 24.2 Å². The molecule has 0 aromatic heterocycles. The van der Waals surface area contributed by atoms with Gasteiger partial charge in [0.2, 0.25) is 0 Å². The number of carboxylic acid groups (broad SMARTS) is 1. The van der Waals surface area contributed by atoms with Crippen molar-refractivity contribution >= 4 is 11.7 Å². The summed E-state index contributed by atoms with van der Waals surface area (Å²) >= 11 is 0. The molecule has 0 aliphatic carbocycles. The van der Waals surface area contributed by atoms with Gasteiger partial charge in [0.1, 0.15) is 0 Å². The average molecular weight is 219 g/mol. The van der Waals surface area contributed by atoms with Gasteiger partial charge in [0, 0.05) is 25.2 Å². The molecule has 1 aliphatic rings. The average Bonchev–Trinajstić information content (AvgIpc) is 2.30. The molecule has 1 heterocycles. The number of rotatable bonds is 3. The van der Waals surface area contributed by atoms with Crippen molar-refractivity contribution in [3.8, 4) is 0 Å². The van der Waals surface area contributed by atoms with Gasteiger partial charge in [0.05, 0.1) is 0 Å². The van der Waals surface area contributed by atoms with Crippen LogP contribution in [0.1, 0.15) is 19.3 Å². The highest BCUT2D eigenvalue weighted by Gasteiger charge is 2.21. The maximum atomic E-state index is 10.6. The van der Waals surface area contributed by atoms with Crippen LogP contribution in [0, 0.1) is 5.92 Å². The molecule has 0 saturated carbocycles. The summed E-state index contributed by atoms with van der Waals surface area (Å²) in [6.45, 7) is 1.95. The van der Waals surface area contributed by atoms with Crippen LogP contribution in [0.2, 0.25) is 0 Å². The Morgan fingerprint density at radius 2 is 1.88 bits per heavy atom. The number of hydrogen-bond donors (Lipinski definition) is 1. The van der Waals surface area contributed by atoms with E-state index in [1.54, 1.807) is 0 Å². The van der Waals surface area contributed by atoms with Crippen LogP contribution in [0.4, 0.5) is 5.69 Å². The van der Waals surface area contributed by atoms with Gasteiger partial charge in [-0.2, -0.15) is 0 Å². The number of carboxylic acids is 1. The molecule has 0 bridgehead atoms. The monoisotopic (exact) mass is 219 g/mol. The largest absolute Gasteiger partial charge is 0.481 e. The van der Waals surface area contributed by atoms with Crippen molar-refractivity contribution in [3.05, 3.63) is 30.3 Å². The summed E-state index contributed by atoms with van der Waals surface area (Å²) in [5.41, 5.74) is 1.25. The summed E-state index contributed by atoms with van der Waals surface area (Å²) in [7, 11) is 0. The van der Waals surface area contributed by atoms with Crippen LogP contribution in [0.3, 0.4) is 0 Å². The number of nitrogens with zero attached hydrogens (tertiary/aromatic N) is 1. The minimum Gasteiger partial charge on any atom is -0.481 e. The smallest absolute Gasteiger partial charge is 0.303 e. The standard InChI is InChI=1S/C13H17NO2/c15-13(16)10-11-6-8-14(9-7-11)12-4-2-1-3-5-12/h1-5,11H,6-10H2,(H,15,16). The van der Waals surface area contributed by atoms with E-state index in [-0.39, 0.29) is 0 Å². The van der Waals surface area contributed by atoms with Crippen molar-refractivity contribution in [2.45, 2.75) is 19.3 Å². The molecule has 1 saturated heterocycles. The Balaban J connectivity index is 1.88. The summed E-state index contributed by atoms with van der Waals surface area (Å²) in [5.74, 6) is -0.310. The van der Waals surface area contributed by atoms with Gasteiger partial charge < -0.3 is 10.0 Å². The zero-order chi connectivity index (χ0) is 11.4. The van der Waals surface area contributed by atoms with Gasteiger partial charge in [-0.05, 0) is 30.9 Å². The third kappa shape index (κ3) is 2.75. The van der Waals surface area contributed by atoms with E-state index in [4.69, 9.17) is 5.11 Å². The zero-order valence-electron chi connectivity index (χ0n) is 9.30. The number of carbonyl (C=O) groups is 1. The summed E-state index contributed by atoms with van der Waals surface area (Å²) in [4.78, 5) is 12.9. The summed E-state index contributed by atoms with van der Waals surface area (Å²) in [6, 6.07) is 10.3. The number of anilines is 1. The molecule has 0 atom stereocenters. The second-order valence-corrected chi connectivity index (χ2v) is 4.36. The van der Waals surface area contributed by atoms with Crippen molar-refractivity contribution in [2.24, 2.45) is 5.92 Å². The van der Waals surface area contributed by atoms with E-state index in [2.05, 4.69) is 17.0 Å². The third-order valence-corrected chi connectivity index (χ3v) is 3.20. The van der Waals surface area contributed by atoms with E-state index < -0.39 is 5.97 Å². The van der Waals surface area contributed by atoms with Gasteiger partial charge in [-0.25, -0.2) is 0 Å². The van der Waals surface area contributed by atoms with E-state index in [9.17, 15) is 4.79 Å². The molecular formula is C13H17NO2. The topological polar surface area (TPSA) is 40.5 Å². The Bertz CT molecular complexity index is 342. The maximum Gasteiger partial charge on any atom is 0.303 e. The summed E-state index contributed by atoms with van der Waals surface area (Å²) in [5, 5.41) is 8.74. The third-order valence-electron chi connectivity index (χ3n) is 3.20. The first-order valence-electron chi connectivity index (χ1n) is 5.77. The molecule has 0 spiro atoms. The quantitative estimate of drug-likeness (QED) is 0.848. The molecule has 3 heteroatoms. The fraction of sp³-hybridized carbons (Fsp3) is 0.462. The van der Waals surface area contributed by atoms with Gasteiger partial charge in [-0.15, -0.1) is 0 Å². The number of aliphatic carboxylic acids is 1. The maximum absolute atomic E-state index is 10.6. The van der Waals surface area contributed by atoms with Gasteiger partial charge in [-0.1, -0.05) is 18.2 Å². The highest BCUT2D eigenvalue weighted by atomic mass is 16.4. The number of piperidine rings is 1. The van der Waals surface area contributed by atoms with Gasteiger partial charge in [0.25, 0.3) is 0 Å². The molecule has 0 unspecified atom stereocenters. The molecule has 86 valence electrons. The van der Waals surface area contributed by atoms with Gasteiger partial charge in [0.15, 0.2) is 0 Å². The van der Waals surface area contributed by atoms with Crippen molar-refractivity contribution in [1.29, 1.82) is 0 Å². The van der Waals surface area contributed by atoms with Crippen LogP contribution in [0.25, 0.3) is 0 Å². The van der Waals surface area contributed by atoms with Crippen molar-refractivity contribution < 1.29 is 9.90 Å². The van der Waals surface area contributed by atoms with Gasteiger partial charge >= 0.3 is 5.97 Å². The lowest BCUT2D eigenvalue weighted by Crippen LogP contribution is -2.34. The Morgan fingerprint density at radius 3 is 2.44 bits per heavy atom. The first-order valence-corrected chi connectivity index (χ1v) is 5.77. The van der Waals surface area contributed by atoms with Crippen molar-refractivity contribution in [1.82, 2.24) is 0 Å². The van der Waals surface area contributed by atoms with Crippen LogP contribution >= 0.6 is 0 Å². The second-order valence-electron chi connectivity index (χ2n) is 4.36. The fourth-order valence-corrected chi connectivity index (χ4v) is 2.28. The molecular weight excluding hydrogens is 202 g/mol. The lowest BCUT2D eigenvalue weighted by molar-refractivity contribution is -0.138. The molecule has 0 radical (unpaired) electrons. The molecule has 2 rings (SSSR count). The Morgan fingerprint density at radius 1 is 1.25 bits per heavy atom. The predicted molar refractivity (Wildman–Crippen MR) is 63.6 cm³/mol. The molecule has 1 N–H and O–H groups in total. The van der Waals surface area contributed by atoms with Gasteiger partial charge in [-0.3, -0.25) is 4.79 Å². The number of para-hydroxylation sites is 1. The normalized spacial score (nSPS) is 17.4. The van der Waals surface area contributed by atoms with Crippen molar-refractivity contribution in [2.75, 3.05) is 18.0 Å². The Labute approximate surface area is 95.7 Å². The van der Waals surface area contributed by atoms with Crippen LogP contribution in [0.15, 0.2) is 30.3 Å². The van der Waals surface area contributed by atoms with Crippen LogP contribution in [-0.2, 0) is 4.79 Å². The van der Waals surface area contributed by atoms with E-state index in [0.29, 0.717) is 12.3 Å². The lowest BCUT2D eigenvalue weighted by Gasteiger charge is -2.33. The highest BCUT2D eigenvalue weighted by molar-refractivity contribution is 5.67. The number of hydrogen-bond acceptors (Lipinski definition) is 2. The van der Waals surface area contributed by atoms with E-state index >= 15 is 0 Å². The molecule has 3 nitrogen and oxygen atoms in total. The van der Waals surface area contributed by atoms with Crippen LogP contribution in [0.5, 0.6) is 0 Å². The zero-order valence-corrected chi connectivity index (χ0v) is 9.30. The lowest BCUT2D eigenvalue weighted by atomic mass is 9.93. The fourth-order valence-electron chi connectivity index (χ4n) is 2.28. The molecule has 1 aromatic carbocycles. The predicted octanol–water partition coefficient (Wildman–Crippen LogP) is 2.38. The Hall–Kier alpha value is -1.51. The van der Waals surface area contributed by atoms with E-state index in [0.717, 1.165) is 25.9 Å². The van der Waals surface area contributed by atoms with Crippen LogP contribution < -0.4 is 4.90 Å². The first-order chi connectivity index (χ1) is 7.75. The SMILES string of the molecule is O=C(O)CC1CCN(c2ccccc2)CC1. The molecule has 1 fully saturated rings. The molecule has 1 aromatic rings. The van der Waals surface area contributed by atoms with E-state index in [1.807, 2.05) is 18.2 Å².